The van der Waals surface area contributed by atoms with Gasteiger partial charge in [0.05, 0.1) is 6.21 Å². The molecule has 1 aromatic heterocycles. The number of nitrogens with zero attached hydrogens (tertiary/aromatic N) is 2. The number of hydrogen-bond donors (Lipinski definition) is 3. The summed E-state index contributed by atoms with van der Waals surface area (Å²) in [6, 6.07) is 10.2. The zero-order chi connectivity index (χ0) is 17.4. The number of carbonyl (C=O) groups excluding carboxylic acids is 2. The van der Waals surface area contributed by atoms with E-state index in [-0.39, 0.29) is 0 Å². The van der Waals surface area contributed by atoms with Crippen LogP contribution in [0, 0.1) is 0 Å². The van der Waals surface area contributed by atoms with Crippen molar-refractivity contribution in [1.82, 2.24) is 15.9 Å². The number of aromatic nitrogens is 1. The molecule has 1 heterocycles. The van der Waals surface area contributed by atoms with Gasteiger partial charge in [-0.2, -0.15) is 5.10 Å². The Bertz CT molecular complexity index is 805. The molecule has 2 aromatic rings. The molecule has 3 N–H and O–H groups in total. The highest BCUT2D eigenvalue weighted by atomic mass is 79.9. The predicted molar refractivity (Wildman–Crippen MR) is 92.4 cm³/mol. The van der Waals surface area contributed by atoms with E-state index < -0.39 is 11.8 Å². The molecule has 0 aliphatic rings. The van der Waals surface area contributed by atoms with E-state index in [9.17, 15) is 9.59 Å². The number of pyridine rings is 1. The number of halogens is 1. The van der Waals surface area contributed by atoms with Crippen molar-refractivity contribution in [2.24, 2.45) is 5.10 Å². The van der Waals surface area contributed by atoms with E-state index in [1.807, 2.05) is 0 Å². The molecule has 0 aliphatic heterocycles. The van der Waals surface area contributed by atoms with Crippen LogP contribution in [-0.4, -0.2) is 28.2 Å². The number of hydrogen-bond acceptors (Lipinski definition) is 5. The quantitative estimate of drug-likeness (QED) is 0.240. The van der Waals surface area contributed by atoms with Crippen LogP contribution in [0.15, 0.2) is 58.4 Å². The summed E-state index contributed by atoms with van der Waals surface area (Å²) in [5, 5.41) is 12.3. The summed E-state index contributed by atoms with van der Waals surface area (Å²) in [5.74, 6) is -1.05. The third-order valence-electron chi connectivity index (χ3n) is 2.84. The summed E-state index contributed by atoms with van der Waals surface area (Å²) in [4.78, 5) is 27.1. The van der Waals surface area contributed by atoms with Crippen LogP contribution in [0.4, 0.5) is 0 Å². The highest BCUT2D eigenvalue weighted by molar-refractivity contribution is 9.10. The first-order valence-electron chi connectivity index (χ1n) is 6.76. The molecule has 0 fully saturated rings. The highest BCUT2D eigenvalue weighted by Crippen LogP contribution is 2.10. The van der Waals surface area contributed by atoms with Crippen molar-refractivity contribution < 1.29 is 14.8 Å². The lowest BCUT2D eigenvalue weighted by atomic mass is 10.1. The second kappa shape index (κ2) is 8.70. The van der Waals surface area contributed by atoms with Crippen molar-refractivity contribution in [1.29, 1.82) is 0 Å². The van der Waals surface area contributed by atoms with E-state index in [1.54, 1.807) is 42.6 Å². The summed E-state index contributed by atoms with van der Waals surface area (Å²) >= 11 is 3.28. The van der Waals surface area contributed by atoms with Gasteiger partial charge in [-0.05, 0) is 51.8 Å². The van der Waals surface area contributed by atoms with E-state index in [0.717, 1.165) is 11.6 Å². The fourth-order valence-electron chi connectivity index (χ4n) is 1.71. The minimum Gasteiger partial charge on any atom is -0.288 e. The second-order valence-electron chi connectivity index (χ2n) is 4.52. The van der Waals surface area contributed by atoms with Gasteiger partial charge in [0.15, 0.2) is 0 Å². The summed E-state index contributed by atoms with van der Waals surface area (Å²) in [7, 11) is 0. The van der Waals surface area contributed by atoms with Gasteiger partial charge < -0.3 is 0 Å². The maximum Gasteiger partial charge on any atom is 0.271 e. The zero-order valence-electron chi connectivity index (χ0n) is 12.3. The topological polar surface area (TPSA) is 104 Å². The average molecular weight is 389 g/mol. The SMILES string of the molecule is O=C(C=Cc1cccc(C(=O)NN=Cc2cccnc2Br)c1)NO. The molecule has 0 bridgehead atoms. The van der Waals surface area contributed by atoms with Crippen LogP contribution in [-0.2, 0) is 4.79 Å². The Morgan fingerprint density at radius 3 is 2.83 bits per heavy atom. The van der Waals surface area contributed by atoms with Crippen molar-refractivity contribution in [3.05, 3.63) is 70.0 Å². The third-order valence-corrected chi connectivity index (χ3v) is 3.51. The molecule has 0 spiro atoms. The predicted octanol–water partition coefficient (Wildman–Crippen LogP) is 2.13. The molecule has 0 saturated heterocycles. The number of hydrazone groups is 1. The lowest BCUT2D eigenvalue weighted by Crippen LogP contribution is -2.17. The number of benzene rings is 1. The lowest BCUT2D eigenvalue weighted by Gasteiger charge is -2.01. The molecule has 8 heteroatoms. The molecule has 1 aromatic carbocycles. The van der Waals surface area contributed by atoms with E-state index in [0.29, 0.717) is 15.7 Å². The number of hydroxylamine groups is 1. The molecule has 0 aliphatic carbocycles. The number of nitrogens with one attached hydrogen (secondary N) is 2. The van der Waals surface area contributed by atoms with Crippen LogP contribution in [0.25, 0.3) is 6.08 Å². The zero-order valence-corrected chi connectivity index (χ0v) is 13.9. The van der Waals surface area contributed by atoms with Crippen LogP contribution < -0.4 is 10.9 Å². The molecule has 2 amide bonds. The molecule has 0 atom stereocenters. The van der Waals surface area contributed by atoms with Crippen molar-refractivity contribution in [2.45, 2.75) is 0 Å². The van der Waals surface area contributed by atoms with Gasteiger partial charge in [0.1, 0.15) is 4.60 Å². The third kappa shape index (κ3) is 5.11. The Balaban J connectivity index is 2.03. The smallest absolute Gasteiger partial charge is 0.271 e. The van der Waals surface area contributed by atoms with Gasteiger partial charge in [-0.25, -0.2) is 15.9 Å². The minimum absolute atomic E-state index is 0.379. The Morgan fingerprint density at radius 2 is 2.08 bits per heavy atom. The molecular weight excluding hydrogens is 376 g/mol. The van der Waals surface area contributed by atoms with Crippen molar-refractivity contribution in [2.75, 3.05) is 0 Å². The first-order chi connectivity index (χ1) is 11.6. The molecule has 0 saturated carbocycles. The molecule has 24 heavy (non-hydrogen) atoms. The number of amides is 2. The largest absolute Gasteiger partial charge is 0.288 e. The maximum atomic E-state index is 12.1. The Kier molecular flexibility index (Phi) is 6.35. The molecule has 122 valence electrons. The Labute approximate surface area is 146 Å². The molecule has 7 nitrogen and oxygen atoms in total. The number of rotatable bonds is 5. The fourth-order valence-corrected chi connectivity index (χ4v) is 2.07. The standard InChI is InChI=1S/C16H13BrN4O3/c17-15-13(5-2-8-18-15)10-19-20-16(23)12-4-1-3-11(9-12)6-7-14(22)21-24/h1-10,24H,(H,20,23)(H,21,22). The van der Waals surface area contributed by atoms with Crippen LogP contribution in [0.5, 0.6) is 0 Å². The van der Waals surface area contributed by atoms with Gasteiger partial charge in [-0.15, -0.1) is 0 Å². The van der Waals surface area contributed by atoms with Crippen LogP contribution in [0.1, 0.15) is 21.5 Å². The van der Waals surface area contributed by atoms with E-state index >= 15 is 0 Å². The highest BCUT2D eigenvalue weighted by Gasteiger charge is 2.04. The Morgan fingerprint density at radius 1 is 1.25 bits per heavy atom. The normalized spacial score (nSPS) is 10.9. The van der Waals surface area contributed by atoms with Gasteiger partial charge in [0.25, 0.3) is 11.8 Å². The monoisotopic (exact) mass is 388 g/mol. The summed E-state index contributed by atoms with van der Waals surface area (Å²) < 4.78 is 0.622. The summed E-state index contributed by atoms with van der Waals surface area (Å²) in [6.07, 6.45) is 5.73. The van der Waals surface area contributed by atoms with Crippen molar-refractivity contribution >= 4 is 40.0 Å². The van der Waals surface area contributed by atoms with Crippen LogP contribution >= 0.6 is 15.9 Å². The van der Waals surface area contributed by atoms with Gasteiger partial charge in [-0.3, -0.25) is 14.8 Å². The van der Waals surface area contributed by atoms with Gasteiger partial charge in [-0.1, -0.05) is 12.1 Å². The first kappa shape index (κ1) is 17.5. The second-order valence-corrected chi connectivity index (χ2v) is 5.27. The minimum atomic E-state index is -0.656. The van der Waals surface area contributed by atoms with Gasteiger partial charge >= 0.3 is 0 Å². The van der Waals surface area contributed by atoms with Gasteiger partial charge in [0, 0.05) is 23.4 Å². The maximum absolute atomic E-state index is 12.1. The van der Waals surface area contributed by atoms with E-state index in [1.165, 1.54) is 17.8 Å². The van der Waals surface area contributed by atoms with Crippen molar-refractivity contribution in [3.63, 3.8) is 0 Å². The molecule has 0 radical (unpaired) electrons. The van der Waals surface area contributed by atoms with Gasteiger partial charge in [0.2, 0.25) is 0 Å². The number of carbonyl (C=O) groups is 2. The average Bonchev–Trinajstić information content (AvgIpc) is 2.61. The summed E-state index contributed by atoms with van der Waals surface area (Å²) in [6.45, 7) is 0. The molecule has 0 unspecified atom stereocenters. The lowest BCUT2D eigenvalue weighted by molar-refractivity contribution is -0.124. The van der Waals surface area contributed by atoms with E-state index in [2.05, 4.69) is 31.4 Å². The van der Waals surface area contributed by atoms with Crippen LogP contribution in [0.3, 0.4) is 0 Å². The molecule has 2 rings (SSSR count). The molecular formula is C16H13BrN4O3. The first-order valence-corrected chi connectivity index (χ1v) is 7.55. The van der Waals surface area contributed by atoms with E-state index in [4.69, 9.17) is 5.21 Å². The Hall–Kier alpha value is -2.84. The van der Waals surface area contributed by atoms with Crippen LogP contribution in [0.2, 0.25) is 0 Å². The van der Waals surface area contributed by atoms with Crippen molar-refractivity contribution in [3.8, 4) is 0 Å². The summed E-state index contributed by atoms with van der Waals surface area (Å²) in [5.41, 5.74) is 5.64. The fraction of sp³-hybridized carbons (Fsp3) is 0.